The molecule has 1 aliphatic rings. The van der Waals surface area contributed by atoms with Crippen LogP contribution in [0.1, 0.15) is 31.7 Å². The van der Waals surface area contributed by atoms with E-state index in [1.807, 2.05) is 44.2 Å². The zero-order valence-electron chi connectivity index (χ0n) is 10.9. The second kappa shape index (κ2) is 4.81. The van der Waals surface area contributed by atoms with Gasteiger partial charge in [-0.15, -0.1) is 0 Å². The highest BCUT2D eigenvalue weighted by Gasteiger charge is 2.62. The second-order valence-electron chi connectivity index (χ2n) is 4.73. The summed E-state index contributed by atoms with van der Waals surface area (Å²) >= 11 is 0. The molecule has 3 heteroatoms. The average Bonchev–Trinajstić information content (AvgIpc) is 3.17. The van der Waals surface area contributed by atoms with E-state index in [1.54, 1.807) is 4.90 Å². The van der Waals surface area contributed by atoms with Crippen molar-refractivity contribution in [1.82, 2.24) is 4.90 Å². The Bertz CT molecular complexity index is 473. The van der Waals surface area contributed by atoms with Gasteiger partial charge in [0.05, 0.1) is 6.07 Å². The molecule has 1 aromatic carbocycles. The Morgan fingerprint density at radius 1 is 1.39 bits per heavy atom. The van der Waals surface area contributed by atoms with E-state index >= 15 is 0 Å². The number of nitriles is 1. The minimum atomic E-state index is -0.812. The normalized spacial score (nSPS) is 25.3. The second-order valence-corrected chi connectivity index (χ2v) is 4.73. The molecule has 3 nitrogen and oxygen atoms in total. The largest absolute Gasteiger partial charge is 0.342 e. The summed E-state index contributed by atoms with van der Waals surface area (Å²) in [5.74, 6) is 0.0562. The van der Waals surface area contributed by atoms with Gasteiger partial charge in [-0.3, -0.25) is 4.79 Å². The van der Waals surface area contributed by atoms with E-state index in [2.05, 4.69) is 6.07 Å². The van der Waals surface area contributed by atoms with E-state index in [1.165, 1.54) is 0 Å². The maximum Gasteiger partial charge on any atom is 0.243 e. The summed E-state index contributed by atoms with van der Waals surface area (Å²) in [5.41, 5.74) is 0.285. The molecule has 18 heavy (non-hydrogen) atoms. The number of hydrogen-bond acceptors (Lipinski definition) is 2. The van der Waals surface area contributed by atoms with E-state index in [-0.39, 0.29) is 11.8 Å². The van der Waals surface area contributed by atoms with Crippen LogP contribution in [0.3, 0.4) is 0 Å². The number of benzene rings is 1. The lowest BCUT2D eigenvalue weighted by molar-refractivity contribution is -0.134. The van der Waals surface area contributed by atoms with Crippen molar-refractivity contribution < 1.29 is 4.79 Å². The van der Waals surface area contributed by atoms with Crippen LogP contribution in [0.25, 0.3) is 0 Å². The topological polar surface area (TPSA) is 44.1 Å². The number of carbonyl (C=O) groups excluding carboxylic acids is 1. The summed E-state index contributed by atoms with van der Waals surface area (Å²) in [4.78, 5) is 14.2. The van der Waals surface area contributed by atoms with Crippen LogP contribution in [0.15, 0.2) is 30.3 Å². The number of carbonyl (C=O) groups is 1. The SMILES string of the molecule is CCN(CC)C(=O)[C@@]1(C#N)C[C@@H]1c1ccccc1. The molecule has 94 valence electrons. The summed E-state index contributed by atoms with van der Waals surface area (Å²) < 4.78 is 0. The monoisotopic (exact) mass is 242 g/mol. The fourth-order valence-corrected chi connectivity index (χ4v) is 2.55. The van der Waals surface area contributed by atoms with Gasteiger partial charge in [0.1, 0.15) is 5.41 Å². The summed E-state index contributed by atoms with van der Waals surface area (Å²) in [6, 6.07) is 12.1. The highest BCUT2D eigenvalue weighted by Crippen LogP contribution is 2.59. The first kappa shape index (κ1) is 12.6. The van der Waals surface area contributed by atoms with Gasteiger partial charge in [-0.2, -0.15) is 5.26 Å². The van der Waals surface area contributed by atoms with Crippen molar-refractivity contribution in [1.29, 1.82) is 5.26 Å². The van der Waals surface area contributed by atoms with Crippen molar-refractivity contribution in [2.45, 2.75) is 26.2 Å². The van der Waals surface area contributed by atoms with Gasteiger partial charge in [0.25, 0.3) is 0 Å². The molecule has 1 aromatic rings. The number of rotatable bonds is 4. The molecule has 0 unspecified atom stereocenters. The molecule has 0 aliphatic heterocycles. The van der Waals surface area contributed by atoms with Crippen LogP contribution in [-0.2, 0) is 4.79 Å². The minimum Gasteiger partial charge on any atom is -0.342 e. The quantitative estimate of drug-likeness (QED) is 0.814. The molecule has 0 radical (unpaired) electrons. The molecule has 2 rings (SSSR count). The molecule has 1 fully saturated rings. The third kappa shape index (κ3) is 1.88. The van der Waals surface area contributed by atoms with E-state index in [9.17, 15) is 10.1 Å². The molecule has 1 amide bonds. The zero-order chi connectivity index (χ0) is 13.2. The van der Waals surface area contributed by atoms with Gasteiger partial charge in [0.15, 0.2) is 0 Å². The molecule has 0 aromatic heterocycles. The Kier molecular flexibility index (Phi) is 3.38. The lowest BCUT2D eigenvalue weighted by Gasteiger charge is -2.22. The van der Waals surface area contributed by atoms with Crippen molar-refractivity contribution in [2.75, 3.05) is 13.1 Å². The fraction of sp³-hybridized carbons (Fsp3) is 0.467. The highest BCUT2D eigenvalue weighted by atomic mass is 16.2. The molecule has 0 spiro atoms. The van der Waals surface area contributed by atoms with Crippen molar-refractivity contribution in [3.05, 3.63) is 35.9 Å². The third-order valence-electron chi connectivity index (χ3n) is 3.79. The van der Waals surface area contributed by atoms with Crippen molar-refractivity contribution >= 4 is 5.91 Å². The van der Waals surface area contributed by atoms with Crippen LogP contribution in [0, 0.1) is 16.7 Å². The first-order valence-electron chi connectivity index (χ1n) is 6.45. The van der Waals surface area contributed by atoms with Gasteiger partial charge in [0, 0.05) is 19.0 Å². The third-order valence-corrected chi connectivity index (χ3v) is 3.79. The van der Waals surface area contributed by atoms with Gasteiger partial charge in [0.2, 0.25) is 5.91 Å². The maximum absolute atomic E-state index is 12.4. The van der Waals surface area contributed by atoms with Crippen LogP contribution in [-0.4, -0.2) is 23.9 Å². The molecule has 0 bridgehead atoms. The van der Waals surface area contributed by atoms with Gasteiger partial charge < -0.3 is 4.90 Å². The molecular weight excluding hydrogens is 224 g/mol. The average molecular weight is 242 g/mol. The number of nitrogens with zero attached hydrogens (tertiary/aromatic N) is 2. The molecule has 0 N–H and O–H groups in total. The summed E-state index contributed by atoms with van der Waals surface area (Å²) in [7, 11) is 0. The van der Waals surface area contributed by atoms with E-state index in [0.29, 0.717) is 19.5 Å². The Morgan fingerprint density at radius 3 is 2.50 bits per heavy atom. The highest BCUT2D eigenvalue weighted by molar-refractivity contribution is 5.90. The van der Waals surface area contributed by atoms with Crippen molar-refractivity contribution in [3.8, 4) is 6.07 Å². The first-order chi connectivity index (χ1) is 8.69. The summed E-state index contributed by atoms with van der Waals surface area (Å²) in [5, 5.41) is 9.40. The molecular formula is C15H18N2O. The summed E-state index contributed by atoms with van der Waals surface area (Å²) in [6.45, 7) is 5.24. The van der Waals surface area contributed by atoms with Crippen molar-refractivity contribution in [2.24, 2.45) is 5.41 Å². The smallest absolute Gasteiger partial charge is 0.243 e. The number of amides is 1. The van der Waals surface area contributed by atoms with E-state index < -0.39 is 5.41 Å². The minimum absolute atomic E-state index is 0.0103. The van der Waals surface area contributed by atoms with Crippen molar-refractivity contribution in [3.63, 3.8) is 0 Å². The van der Waals surface area contributed by atoms with Gasteiger partial charge in [-0.25, -0.2) is 0 Å². The number of hydrogen-bond donors (Lipinski definition) is 0. The van der Waals surface area contributed by atoms with Gasteiger partial charge in [-0.1, -0.05) is 30.3 Å². The van der Waals surface area contributed by atoms with E-state index in [0.717, 1.165) is 5.56 Å². The Morgan fingerprint density at radius 2 is 2.00 bits per heavy atom. The van der Waals surface area contributed by atoms with Crippen LogP contribution >= 0.6 is 0 Å². The molecule has 1 saturated carbocycles. The predicted octanol–water partition coefficient (Wildman–Crippen LogP) is 2.55. The summed E-state index contributed by atoms with van der Waals surface area (Å²) in [6.07, 6.45) is 0.656. The van der Waals surface area contributed by atoms with Gasteiger partial charge in [-0.05, 0) is 25.8 Å². The van der Waals surface area contributed by atoms with E-state index in [4.69, 9.17) is 0 Å². The molecule has 0 heterocycles. The lowest BCUT2D eigenvalue weighted by Crippen LogP contribution is -2.37. The molecule has 2 atom stereocenters. The van der Waals surface area contributed by atoms with Crippen LogP contribution < -0.4 is 0 Å². The first-order valence-corrected chi connectivity index (χ1v) is 6.45. The Balaban J connectivity index is 2.22. The maximum atomic E-state index is 12.4. The molecule has 0 saturated heterocycles. The fourth-order valence-electron chi connectivity index (χ4n) is 2.55. The Labute approximate surface area is 108 Å². The Hall–Kier alpha value is -1.82. The standard InChI is InChI=1S/C15H18N2O/c1-3-17(4-2)14(18)15(11-16)10-13(15)12-8-6-5-7-9-12/h5-9,13H,3-4,10H2,1-2H3/t13-,15-/m1/s1. The van der Waals surface area contributed by atoms with Gasteiger partial charge >= 0.3 is 0 Å². The van der Waals surface area contributed by atoms with Crippen LogP contribution in [0.2, 0.25) is 0 Å². The van der Waals surface area contributed by atoms with Crippen LogP contribution in [0.5, 0.6) is 0 Å². The molecule has 1 aliphatic carbocycles. The predicted molar refractivity (Wildman–Crippen MR) is 69.8 cm³/mol. The zero-order valence-corrected chi connectivity index (χ0v) is 10.9. The van der Waals surface area contributed by atoms with Crippen LogP contribution in [0.4, 0.5) is 0 Å². The lowest BCUT2D eigenvalue weighted by atomic mass is 9.99.